The zero-order valence-corrected chi connectivity index (χ0v) is 16.5. The number of tetrazole rings is 1. The fourth-order valence-corrected chi connectivity index (χ4v) is 3.24. The number of aryl methyl sites for hydroxylation is 2. The number of anilines is 1. The van der Waals surface area contributed by atoms with E-state index in [0.717, 1.165) is 39.2 Å². The van der Waals surface area contributed by atoms with Gasteiger partial charge in [0.25, 0.3) is 0 Å². The topological polar surface area (TPSA) is 55.6 Å². The van der Waals surface area contributed by atoms with Crippen LogP contribution in [0.15, 0.2) is 46.9 Å². The first kappa shape index (κ1) is 17.6. The minimum atomic E-state index is -0.397. The number of halogens is 1. The highest BCUT2D eigenvalue weighted by Gasteiger charge is 2.32. The Bertz CT molecular complexity index is 852. The maximum atomic E-state index is 4.36. The van der Waals surface area contributed by atoms with Gasteiger partial charge in [-0.05, 0) is 73.0 Å². The predicted molar refractivity (Wildman–Crippen MR) is 104 cm³/mol. The van der Waals surface area contributed by atoms with E-state index in [9.17, 15) is 0 Å². The third-order valence-corrected chi connectivity index (χ3v) is 5.11. The summed E-state index contributed by atoms with van der Waals surface area (Å²) in [5.41, 5.74) is 3.97. The molecule has 3 aromatic rings. The van der Waals surface area contributed by atoms with E-state index < -0.39 is 5.54 Å². The lowest BCUT2D eigenvalue weighted by atomic mass is 9.96. The summed E-state index contributed by atoms with van der Waals surface area (Å²) in [7, 11) is 0. The van der Waals surface area contributed by atoms with Crippen molar-refractivity contribution in [3.05, 3.63) is 63.9 Å². The molecule has 0 saturated heterocycles. The third kappa shape index (κ3) is 3.44. The molecular formula is C19H22BrN5. The highest BCUT2D eigenvalue weighted by Crippen LogP contribution is 2.30. The minimum Gasteiger partial charge on any atom is -0.373 e. The van der Waals surface area contributed by atoms with Crippen LogP contribution in [0, 0.1) is 13.8 Å². The molecule has 1 N–H and O–H groups in total. The molecule has 0 saturated carbocycles. The quantitative estimate of drug-likeness (QED) is 0.670. The molecule has 0 unspecified atom stereocenters. The molecule has 0 bridgehead atoms. The van der Waals surface area contributed by atoms with Crippen LogP contribution in [0.4, 0.5) is 5.69 Å². The molecule has 0 aliphatic rings. The number of nitrogens with one attached hydrogen (secondary N) is 1. The SMILES string of the molecule is CC[C@](C)(Nc1ccc(Br)cc1)c1nnnn1-c1c(C)cccc1C. The fraction of sp³-hybridized carbons (Fsp3) is 0.316. The molecule has 0 amide bonds. The predicted octanol–water partition coefficient (Wildman–Crippen LogP) is 4.78. The molecule has 1 heterocycles. The number of nitrogens with zero attached hydrogens (tertiary/aromatic N) is 4. The average molecular weight is 400 g/mol. The molecule has 0 radical (unpaired) electrons. The largest absolute Gasteiger partial charge is 0.373 e. The normalized spacial score (nSPS) is 13.5. The monoisotopic (exact) mass is 399 g/mol. The van der Waals surface area contributed by atoms with Crippen molar-refractivity contribution >= 4 is 21.6 Å². The van der Waals surface area contributed by atoms with Crippen LogP contribution in [0.25, 0.3) is 5.69 Å². The Labute approximate surface area is 156 Å². The first-order chi connectivity index (χ1) is 11.9. The Morgan fingerprint density at radius 1 is 1.08 bits per heavy atom. The second kappa shape index (κ2) is 6.96. The van der Waals surface area contributed by atoms with Crippen molar-refractivity contribution in [3.8, 4) is 5.69 Å². The van der Waals surface area contributed by atoms with E-state index >= 15 is 0 Å². The van der Waals surface area contributed by atoms with Gasteiger partial charge in [-0.3, -0.25) is 0 Å². The van der Waals surface area contributed by atoms with Crippen molar-refractivity contribution in [2.24, 2.45) is 0 Å². The van der Waals surface area contributed by atoms with Gasteiger partial charge >= 0.3 is 0 Å². The van der Waals surface area contributed by atoms with Crippen LogP contribution in [0.2, 0.25) is 0 Å². The van der Waals surface area contributed by atoms with Gasteiger partial charge in [-0.25, -0.2) is 0 Å². The molecule has 1 atom stereocenters. The van der Waals surface area contributed by atoms with Gasteiger partial charge in [0.2, 0.25) is 0 Å². The second-order valence-electron chi connectivity index (χ2n) is 6.47. The molecule has 130 valence electrons. The molecular weight excluding hydrogens is 378 g/mol. The van der Waals surface area contributed by atoms with Crippen LogP contribution in [-0.4, -0.2) is 20.2 Å². The van der Waals surface area contributed by atoms with E-state index in [2.05, 4.69) is 82.7 Å². The third-order valence-electron chi connectivity index (χ3n) is 4.59. The van der Waals surface area contributed by atoms with Gasteiger partial charge < -0.3 is 5.32 Å². The Balaban J connectivity index is 2.05. The van der Waals surface area contributed by atoms with Gasteiger partial charge in [-0.2, -0.15) is 4.68 Å². The smallest absolute Gasteiger partial charge is 0.181 e. The Morgan fingerprint density at radius 2 is 1.72 bits per heavy atom. The lowest BCUT2D eigenvalue weighted by Crippen LogP contribution is -2.34. The Hall–Kier alpha value is -2.21. The summed E-state index contributed by atoms with van der Waals surface area (Å²) < 4.78 is 2.91. The van der Waals surface area contributed by atoms with Crippen molar-refractivity contribution in [2.45, 2.75) is 39.7 Å². The number of hydrogen-bond donors (Lipinski definition) is 1. The van der Waals surface area contributed by atoms with E-state index in [0.29, 0.717) is 0 Å². The number of benzene rings is 2. The first-order valence-corrected chi connectivity index (χ1v) is 9.13. The van der Waals surface area contributed by atoms with Crippen molar-refractivity contribution in [2.75, 3.05) is 5.32 Å². The van der Waals surface area contributed by atoms with Gasteiger partial charge in [0.15, 0.2) is 5.82 Å². The zero-order valence-electron chi connectivity index (χ0n) is 14.9. The minimum absolute atomic E-state index is 0.397. The van der Waals surface area contributed by atoms with Crippen LogP contribution in [-0.2, 0) is 5.54 Å². The molecule has 5 nitrogen and oxygen atoms in total. The van der Waals surface area contributed by atoms with E-state index in [1.165, 1.54) is 0 Å². The number of rotatable bonds is 5. The van der Waals surface area contributed by atoms with Crippen molar-refractivity contribution in [1.82, 2.24) is 20.2 Å². The summed E-state index contributed by atoms with van der Waals surface area (Å²) in [6.07, 6.45) is 0.842. The first-order valence-electron chi connectivity index (χ1n) is 8.34. The maximum Gasteiger partial charge on any atom is 0.181 e. The Morgan fingerprint density at radius 3 is 2.32 bits per heavy atom. The molecule has 6 heteroatoms. The fourth-order valence-electron chi connectivity index (χ4n) is 2.98. The van der Waals surface area contributed by atoms with E-state index in [1.807, 2.05) is 28.9 Å². The molecule has 2 aromatic carbocycles. The lowest BCUT2D eigenvalue weighted by Gasteiger charge is -2.30. The van der Waals surface area contributed by atoms with Crippen LogP contribution in [0.3, 0.4) is 0 Å². The van der Waals surface area contributed by atoms with Gasteiger partial charge in [0, 0.05) is 10.2 Å². The van der Waals surface area contributed by atoms with Crippen molar-refractivity contribution in [1.29, 1.82) is 0 Å². The van der Waals surface area contributed by atoms with Gasteiger partial charge in [0.1, 0.15) is 0 Å². The standard InChI is InChI=1S/C19H22BrN5/c1-5-19(4,21-16-11-9-15(20)10-12-16)18-22-23-24-25(18)17-13(2)7-6-8-14(17)3/h6-12,21H,5H2,1-4H3/t19-/m0/s1. The molecule has 0 aliphatic heterocycles. The summed E-state index contributed by atoms with van der Waals surface area (Å²) in [6.45, 7) is 8.43. The van der Waals surface area contributed by atoms with Gasteiger partial charge in [-0.15, -0.1) is 5.10 Å². The number of aromatic nitrogens is 4. The summed E-state index contributed by atoms with van der Waals surface area (Å²) in [5, 5.41) is 16.2. The van der Waals surface area contributed by atoms with Crippen LogP contribution in [0.1, 0.15) is 37.2 Å². The van der Waals surface area contributed by atoms with E-state index in [4.69, 9.17) is 0 Å². The maximum absolute atomic E-state index is 4.36. The van der Waals surface area contributed by atoms with Crippen LogP contribution < -0.4 is 5.32 Å². The van der Waals surface area contributed by atoms with Gasteiger partial charge in [0.05, 0.1) is 11.2 Å². The molecule has 1 aromatic heterocycles. The molecule has 0 aliphatic carbocycles. The summed E-state index contributed by atoms with van der Waals surface area (Å²) in [4.78, 5) is 0. The summed E-state index contributed by atoms with van der Waals surface area (Å²) in [6, 6.07) is 14.4. The van der Waals surface area contributed by atoms with E-state index in [1.54, 1.807) is 0 Å². The van der Waals surface area contributed by atoms with Crippen LogP contribution in [0.5, 0.6) is 0 Å². The van der Waals surface area contributed by atoms with Crippen molar-refractivity contribution in [3.63, 3.8) is 0 Å². The highest BCUT2D eigenvalue weighted by molar-refractivity contribution is 9.10. The number of para-hydroxylation sites is 1. The molecule has 0 spiro atoms. The molecule has 25 heavy (non-hydrogen) atoms. The highest BCUT2D eigenvalue weighted by atomic mass is 79.9. The average Bonchev–Trinajstić information content (AvgIpc) is 3.07. The van der Waals surface area contributed by atoms with Crippen LogP contribution >= 0.6 is 15.9 Å². The Kier molecular flexibility index (Phi) is 4.90. The summed E-state index contributed by atoms with van der Waals surface area (Å²) in [5.74, 6) is 0.801. The second-order valence-corrected chi connectivity index (χ2v) is 7.39. The zero-order chi connectivity index (χ0) is 18.0. The van der Waals surface area contributed by atoms with E-state index in [-0.39, 0.29) is 0 Å². The molecule has 0 fully saturated rings. The molecule has 3 rings (SSSR count). The summed E-state index contributed by atoms with van der Waals surface area (Å²) >= 11 is 3.47. The number of hydrogen-bond acceptors (Lipinski definition) is 4. The van der Waals surface area contributed by atoms with Crippen molar-refractivity contribution < 1.29 is 0 Å². The van der Waals surface area contributed by atoms with Gasteiger partial charge in [-0.1, -0.05) is 41.1 Å². The lowest BCUT2D eigenvalue weighted by molar-refractivity contribution is 0.474.